The summed E-state index contributed by atoms with van der Waals surface area (Å²) in [6.45, 7) is 3.69. The molecule has 5 nitrogen and oxygen atoms in total. The van der Waals surface area contributed by atoms with E-state index in [1.165, 1.54) is 29.2 Å². The number of aryl methyl sites for hydroxylation is 1. The monoisotopic (exact) mass is 348 g/mol. The van der Waals surface area contributed by atoms with Gasteiger partial charge in [-0.05, 0) is 37.6 Å². The topological polar surface area (TPSA) is 59.5 Å². The van der Waals surface area contributed by atoms with E-state index in [1.807, 2.05) is 0 Å². The molecule has 2 aromatic rings. The first-order valence-corrected chi connectivity index (χ1v) is 8.10. The zero-order chi connectivity index (χ0) is 17.7. The second-order valence-corrected chi connectivity index (χ2v) is 5.89. The molecule has 24 heavy (non-hydrogen) atoms. The van der Waals surface area contributed by atoms with Crippen molar-refractivity contribution in [2.24, 2.45) is 0 Å². The van der Waals surface area contributed by atoms with Gasteiger partial charge >= 0.3 is 5.97 Å². The van der Waals surface area contributed by atoms with Crippen LogP contribution in [-0.4, -0.2) is 30.5 Å². The van der Waals surface area contributed by atoms with Crippen LogP contribution in [0.25, 0.3) is 6.08 Å². The van der Waals surface area contributed by atoms with Gasteiger partial charge in [-0.25, -0.2) is 14.2 Å². The standard InChI is InChI=1S/C17H17FN2O3S/c1-4-23-16(22)15-11(2)19-17(24-15)20(3)14(21)9-8-12-6-5-7-13(18)10-12/h5-10H,4H2,1-3H3/b9-8+. The van der Waals surface area contributed by atoms with Crippen LogP contribution in [0.5, 0.6) is 0 Å². The van der Waals surface area contributed by atoms with Crippen LogP contribution in [0.2, 0.25) is 0 Å². The van der Waals surface area contributed by atoms with Crippen molar-refractivity contribution < 1.29 is 18.7 Å². The van der Waals surface area contributed by atoms with Gasteiger partial charge in [-0.2, -0.15) is 0 Å². The summed E-state index contributed by atoms with van der Waals surface area (Å²) in [6, 6.07) is 5.93. The average Bonchev–Trinajstić information content (AvgIpc) is 2.94. The highest BCUT2D eigenvalue weighted by Crippen LogP contribution is 2.26. The summed E-state index contributed by atoms with van der Waals surface area (Å²) in [4.78, 5) is 30.0. The Morgan fingerprint density at radius 1 is 1.42 bits per heavy atom. The van der Waals surface area contributed by atoms with Crippen LogP contribution in [0.15, 0.2) is 30.3 Å². The third-order valence-corrected chi connectivity index (χ3v) is 4.34. The molecule has 0 saturated heterocycles. The average molecular weight is 348 g/mol. The number of hydrogen-bond acceptors (Lipinski definition) is 5. The van der Waals surface area contributed by atoms with Crippen molar-refractivity contribution >= 4 is 34.4 Å². The van der Waals surface area contributed by atoms with Crippen molar-refractivity contribution in [2.45, 2.75) is 13.8 Å². The molecule has 0 bridgehead atoms. The molecule has 0 saturated carbocycles. The van der Waals surface area contributed by atoms with E-state index < -0.39 is 5.97 Å². The summed E-state index contributed by atoms with van der Waals surface area (Å²) in [7, 11) is 1.56. The number of aromatic nitrogens is 1. The largest absolute Gasteiger partial charge is 0.462 e. The molecule has 0 fully saturated rings. The Hall–Kier alpha value is -2.54. The molecule has 0 aliphatic heterocycles. The fourth-order valence-electron chi connectivity index (χ4n) is 1.90. The second-order valence-electron chi connectivity index (χ2n) is 4.92. The van der Waals surface area contributed by atoms with Crippen molar-refractivity contribution in [3.63, 3.8) is 0 Å². The van der Waals surface area contributed by atoms with Crippen molar-refractivity contribution in [2.75, 3.05) is 18.6 Å². The molecule has 7 heteroatoms. The second kappa shape index (κ2) is 7.83. The molecule has 0 unspecified atom stereocenters. The van der Waals surface area contributed by atoms with Crippen LogP contribution < -0.4 is 4.90 Å². The first kappa shape index (κ1) is 17.8. The van der Waals surface area contributed by atoms with E-state index in [0.717, 1.165) is 11.3 Å². The third kappa shape index (κ3) is 4.26. The Morgan fingerprint density at radius 3 is 2.83 bits per heavy atom. The number of carbonyl (C=O) groups excluding carboxylic acids is 2. The lowest BCUT2D eigenvalue weighted by Crippen LogP contribution is -2.23. The number of amides is 1. The first-order valence-electron chi connectivity index (χ1n) is 7.28. The number of likely N-dealkylation sites (N-methyl/N-ethyl adjacent to an activating group) is 1. The van der Waals surface area contributed by atoms with Crippen molar-refractivity contribution in [3.05, 3.63) is 52.3 Å². The molecule has 2 rings (SSSR count). The maximum absolute atomic E-state index is 13.1. The number of halogens is 1. The Kier molecular flexibility index (Phi) is 5.81. The van der Waals surface area contributed by atoms with Crippen LogP contribution >= 0.6 is 11.3 Å². The number of thiazole rings is 1. The van der Waals surface area contributed by atoms with E-state index in [1.54, 1.807) is 33.0 Å². The van der Waals surface area contributed by atoms with Crippen LogP contribution in [0.1, 0.15) is 27.9 Å². The summed E-state index contributed by atoms with van der Waals surface area (Å²) in [5, 5.41) is 0.393. The van der Waals surface area contributed by atoms with Gasteiger partial charge in [-0.1, -0.05) is 23.5 Å². The Bertz CT molecular complexity index is 786. The lowest BCUT2D eigenvalue weighted by atomic mass is 10.2. The maximum atomic E-state index is 13.1. The van der Waals surface area contributed by atoms with E-state index in [2.05, 4.69) is 4.98 Å². The van der Waals surface area contributed by atoms with Crippen molar-refractivity contribution in [1.82, 2.24) is 4.98 Å². The lowest BCUT2D eigenvalue weighted by Gasteiger charge is -2.10. The van der Waals surface area contributed by atoms with Crippen LogP contribution in [0, 0.1) is 12.7 Å². The van der Waals surface area contributed by atoms with Gasteiger partial charge in [-0.3, -0.25) is 9.69 Å². The highest BCUT2D eigenvalue weighted by atomic mass is 32.1. The van der Waals surface area contributed by atoms with Gasteiger partial charge in [0.05, 0.1) is 12.3 Å². The number of rotatable bonds is 5. The fraction of sp³-hybridized carbons (Fsp3) is 0.235. The molecule has 1 aromatic carbocycles. The molecule has 0 aliphatic carbocycles. The van der Waals surface area contributed by atoms with Gasteiger partial charge in [-0.15, -0.1) is 0 Å². The fourth-order valence-corrected chi connectivity index (χ4v) is 2.82. The molecule has 1 heterocycles. The number of benzene rings is 1. The minimum Gasteiger partial charge on any atom is -0.462 e. The highest BCUT2D eigenvalue weighted by Gasteiger charge is 2.20. The molecule has 0 aliphatic rings. The number of esters is 1. The van der Waals surface area contributed by atoms with Crippen molar-refractivity contribution in [1.29, 1.82) is 0 Å². The summed E-state index contributed by atoms with van der Waals surface area (Å²) >= 11 is 1.09. The van der Waals surface area contributed by atoms with Crippen LogP contribution in [0.4, 0.5) is 9.52 Å². The summed E-state index contributed by atoms with van der Waals surface area (Å²) in [5.74, 6) is -1.15. The zero-order valence-electron chi connectivity index (χ0n) is 13.6. The number of ether oxygens (including phenoxy) is 1. The molecule has 0 atom stereocenters. The smallest absolute Gasteiger partial charge is 0.350 e. The quantitative estimate of drug-likeness (QED) is 0.613. The summed E-state index contributed by atoms with van der Waals surface area (Å²) < 4.78 is 18.1. The Balaban J connectivity index is 2.13. The Labute approximate surface area is 143 Å². The molecule has 0 radical (unpaired) electrons. The lowest BCUT2D eigenvalue weighted by molar-refractivity contribution is -0.113. The predicted octanol–water partition coefficient (Wildman–Crippen LogP) is 3.44. The number of hydrogen-bond donors (Lipinski definition) is 0. The van der Waals surface area contributed by atoms with E-state index in [9.17, 15) is 14.0 Å². The van der Waals surface area contributed by atoms with E-state index in [4.69, 9.17) is 4.74 Å². The minimum absolute atomic E-state index is 0.274. The SMILES string of the molecule is CCOC(=O)c1sc(N(C)C(=O)/C=C/c2cccc(F)c2)nc1C. The summed E-state index contributed by atoms with van der Waals surface area (Å²) in [6.07, 6.45) is 2.85. The number of carbonyl (C=O) groups is 2. The first-order chi connectivity index (χ1) is 11.4. The Morgan fingerprint density at radius 2 is 2.17 bits per heavy atom. The number of anilines is 1. The van der Waals surface area contributed by atoms with E-state index >= 15 is 0 Å². The van der Waals surface area contributed by atoms with Gasteiger partial charge < -0.3 is 4.74 Å². The molecule has 1 aromatic heterocycles. The van der Waals surface area contributed by atoms with Crippen molar-refractivity contribution in [3.8, 4) is 0 Å². The normalized spacial score (nSPS) is 10.8. The van der Waals surface area contributed by atoms with E-state index in [0.29, 0.717) is 21.3 Å². The van der Waals surface area contributed by atoms with Crippen LogP contribution in [-0.2, 0) is 9.53 Å². The van der Waals surface area contributed by atoms with Gasteiger partial charge in [0.15, 0.2) is 5.13 Å². The van der Waals surface area contributed by atoms with Gasteiger partial charge in [0.2, 0.25) is 0 Å². The number of nitrogens with zero attached hydrogens (tertiary/aromatic N) is 2. The van der Waals surface area contributed by atoms with E-state index in [-0.39, 0.29) is 18.3 Å². The molecule has 0 spiro atoms. The highest BCUT2D eigenvalue weighted by molar-refractivity contribution is 7.17. The predicted molar refractivity (Wildman–Crippen MR) is 91.7 cm³/mol. The zero-order valence-corrected chi connectivity index (χ0v) is 14.4. The molecule has 1 amide bonds. The van der Waals surface area contributed by atoms with Gasteiger partial charge in [0.1, 0.15) is 10.7 Å². The molecular weight excluding hydrogens is 331 g/mol. The molecule has 0 N–H and O–H groups in total. The van der Waals surface area contributed by atoms with Gasteiger partial charge in [0.25, 0.3) is 5.91 Å². The third-order valence-electron chi connectivity index (χ3n) is 3.13. The summed E-state index contributed by atoms with van der Waals surface area (Å²) in [5.41, 5.74) is 1.10. The van der Waals surface area contributed by atoms with Crippen LogP contribution in [0.3, 0.4) is 0 Å². The molecular formula is C17H17FN2O3S. The molecule has 126 valence electrons. The van der Waals surface area contributed by atoms with Gasteiger partial charge in [0, 0.05) is 13.1 Å². The minimum atomic E-state index is -0.449. The maximum Gasteiger partial charge on any atom is 0.350 e.